The van der Waals surface area contributed by atoms with E-state index in [0.717, 1.165) is 18.2 Å². The lowest BCUT2D eigenvalue weighted by atomic mass is 10.1. The number of rotatable bonds is 5. The van der Waals surface area contributed by atoms with Crippen molar-refractivity contribution in [3.8, 4) is 0 Å². The summed E-state index contributed by atoms with van der Waals surface area (Å²) >= 11 is 3.38. The second-order valence-electron chi connectivity index (χ2n) is 4.83. The van der Waals surface area contributed by atoms with Gasteiger partial charge in [-0.3, -0.25) is 0 Å². The number of hydrogen-bond donors (Lipinski definition) is 0. The summed E-state index contributed by atoms with van der Waals surface area (Å²) in [6, 6.07) is 0.271. The van der Waals surface area contributed by atoms with Gasteiger partial charge in [-0.05, 0) is 33.6 Å². The Balaban J connectivity index is 4.57. The maximum atomic E-state index is 12.0. The highest BCUT2D eigenvalue weighted by Crippen LogP contribution is 2.15. The molecule has 0 rings (SSSR count). The molecule has 0 radical (unpaired) electrons. The van der Waals surface area contributed by atoms with E-state index in [1.165, 1.54) is 0 Å². The maximum Gasteiger partial charge on any atom is 0.410 e. The minimum atomic E-state index is -0.423. The summed E-state index contributed by atoms with van der Waals surface area (Å²) in [6.07, 6.45) is 1.71. The Hall–Kier alpha value is -0.250. The van der Waals surface area contributed by atoms with Crippen molar-refractivity contribution in [2.75, 3.05) is 11.9 Å². The zero-order chi connectivity index (χ0) is 12.8. The van der Waals surface area contributed by atoms with Crippen molar-refractivity contribution in [1.29, 1.82) is 0 Å². The van der Waals surface area contributed by atoms with Crippen molar-refractivity contribution in [1.82, 2.24) is 4.90 Å². The highest BCUT2D eigenvalue weighted by molar-refractivity contribution is 9.09. The lowest BCUT2D eigenvalue weighted by molar-refractivity contribution is 0.0168. The van der Waals surface area contributed by atoms with Crippen LogP contribution in [0, 0.1) is 0 Å². The highest BCUT2D eigenvalue weighted by Gasteiger charge is 2.25. The molecule has 0 fully saturated rings. The molecule has 0 spiro atoms. The smallest absolute Gasteiger partial charge is 0.410 e. The molecule has 0 atom stereocenters. The minimum absolute atomic E-state index is 0.208. The van der Waals surface area contributed by atoms with Gasteiger partial charge in [0.15, 0.2) is 0 Å². The van der Waals surface area contributed by atoms with Gasteiger partial charge in [-0.1, -0.05) is 29.8 Å². The van der Waals surface area contributed by atoms with Crippen LogP contribution >= 0.6 is 15.9 Å². The predicted octanol–water partition coefficient (Wildman–Crippen LogP) is 3.81. The number of carbonyl (C=O) groups is 1. The zero-order valence-electron chi connectivity index (χ0n) is 11.0. The molecule has 0 saturated heterocycles. The van der Waals surface area contributed by atoms with Gasteiger partial charge in [0.25, 0.3) is 0 Å². The van der Waals surface area contributed by atoms with Gasteiger partial charge in [0, 0.05) is 17.9 Å². The van der Waals surface area contributed by atoms with Crippen LogP contribution in [0.25, 0.3) is 0 Å². The Morgan fingerprint density at radius 1 is 1.31 bits per heavy atom. The SMILES string of the molecule is CCC(CC)N(CCBr)C(=O)OC(C)(C)C. The van der Waals surface area contributed by atoms with Crippen LogP contribution in [0.4, 0.5) is 4.79 Å². The number of carbonyl (C=O) groups excluding carboxylic acids is 1. The molecule has 0 bridgehead atoms. The molecule has 3 nitrogen and oxygen atoms in total. The van der Waals surface area contributed by atoms with E-state index in [1.54, 1.807) is 0 Å². The number of hydrogen-bond acceptors (Lipinski definition) is 2. The summed E-state index contributed by atoms with van der Waals surface area (Å²) < 4.78 is 5.40. The van der Waals surface area contributed by atoms with E-state index in [9.17, 15) is 4.79 Å². The molecule has 0 aromatic rings. The highest BCUT2D eigenvalue weighted by atomic mass is 79.9. The number of ether oxygens (including phenoxy) is 1. The van der Waals surface area contributed by atoms with Gasteiger partial charge in [0.2, 0.25) is 0 Å². The van der Waals surface area contributed by atoms with Crippen molar-refractivity contribution in [2.45, 2.75) is 59.1 Å². The van der Waals surface area contributed by atoms with Gasteiger partial charge >= 0.3 is 6.09 Å². The molecule has 0 saturated carbocycles. The van der Waals surface area contributed by atoms with Crippen molar-refractivity contribution in [3.63, 3.8) is 0 Å². The zero-order valence-corrected chi connectivity index (χ0v) is 12.6. The first-order chi connectivity index (χ1) is 7.35. The van der Waals surface area contributed by atoms with E-state index >= 15 is 0 Å². The molecule has 96 valence electrons. The van der Waals surface area contributed by atoms with Gasteiger partial charge in [-0.25, -0.2) is 4.79 Å². The number of alkyl halides is 1. The molecule has 16 heavy (non-hydrogen) atoms. The topological polar surface area (TPSA) is 29.5 Å². The standard InChI is InChI=1S/C12H24BrNO2/c1-6-10(7-2)14(9-8-13)11(15)16-12(3,4)5/h10H,6-9H2,1-5H3. The second-order valence-corrected chi connectivity index (χ2v) is 5.63. The molecular weight excluding hydrogens is 270 g/mol. The molecule has 0 heterocycles. The molecule has 1 amide bonds. The normalized spacial score (nSPS) is 11.7. The average molecular weight is 294 g/mol. The monoisotopic (exact) mass is 293 g/mol. The molecule has 0 aromatic heterocycles. The number of amides is 1. The Labute approximate surface area is 108 Å². The Morgan fingerprint density at radius 2 is 1.81 bits per heavy atom. The van der Waals surface area contributed by atoms with Gasteiger partial charge in [-0.15, -0.1) is 0 Å². The summed E-state index contributed by atoms with van der Waals surface area (Å²) in [4.78, 5) is 13.8. The Morgan fingerprint density at radius 3 is 2.12 bits per heavy atom. The molecule has 0 aliphatic carbocycles. The summed E-state index contributed by atoms with van der Waals surface area (Å²) in [5.41, 5.74) is -0.423. The fourth-order valence-corrected chi connectivity index (χ4v) is 1.95. The predicted molar refractivity (Wildman–Crippen MR) is 71.1 cm³/mol. The first-order valence-corrected chi connectivity index (χ1v) is 7.03. The van der Waals surface area contributed by atoms with Crippen LogP contribution in [0.5, 0.6) is 0 Å². The lowest BCUT2D eigenvalue weighted by Crippen LogP contribution is -2.43. The van der Waals surface area contributed by atoms with Crippen LogP contribution in [0.1, 0.15) is 47.5 Å². The molecule has 4 heteroatoms. The van der Waals surface area contributed by atoms with E-state index in [4.69, 9.17) is 4.74 Å². The summed E-state index contributed by atoms with van der Waals surface area (Å²) in [5, 5.41) is 0.780. The van der Waals surface area contributed by atoms with Crippen LogP contribution in [0.15, 0.2) is 0 Å². The third-order valence-corrected chi connectivity index (χ3v) is 2.69. The molecule has 0 unspecified atom stereocenters. The fourth-order valence-electron chi connectivity index (χ4n) is 1.56. The number of halogens is 1. The summed E-state index contributed by atoms with van der Waals surface area (Å²) in [6.45, 7) is 10.6. The molecule has 0 aliphatic heterocycles. The molecule has 0 N–H and O–H groups in total. The van der Waals surface area contributed by atoms with Crippen LogP contribution < -0.4 is 0 Å². The van der Waals surface area contributed by atoms with Crippen molar-refractivity contribution >= 4 is 22.0 Å². The fraction of sp³-hybridized carbons (Fsp3) is 0.917. The van der Waals surface area contributed by atoms with E-state index in [0.29, 0.717) is 6.54 Å². The lowest BCUT2D eigenvalue weighted by Gasteiger charge is -2.32. The molecule has 0 aromatic carbocycles. The maximum absolute atomic E-state index is 12.0. The number of nitrogens with zero attached hydrogens (tertiary/aromatic N) is 1. The summed E-state index contributed by atoms with van der Waals surface area (Å²) in [5.74, 6) is 0. The van der Waals surface area contributed by atoms with Crippen molar-refractivity contribution in [3.05, 3.63) is 0 Å². The largest absolute Gasteiger partial charge is 0.444 e. The molecule has 0 aliphatic rings. The minimum Gasteiger partial charge on any atom is -0.444 e. The van der Waals surface area contributed by atoms with E-state index in [-0.39, 0.29) is 12.1 Å². The van der Waals surface area contributed by atoms with E-state index < -0.39 is 5.60 Å². The second kappa shape index (κ2) is 7.15. The first kappa shape index (κ1) is 15.8. The van der Waals surface area contributed by atoms with Crippen molar-refractivity contribution in [2.24, 2.45) is 0 Å². The summed E-state index contributed by atoms with van der Waals surface area (Å²) in [7, 11) is 0. The van der Waals surface area contributed by atoms with Crippen LogP contribution in [-0.4, -0.2) is 34.5 Å². The average Bonchev–Trinajstić information content (AvgIpc) is 2.15. The Kier molecular flexibility index (Phi) is 7.04. The van der Waals surface area contributed by atoms with E-state index in [1.807, 2.05) is 25.7 Å². The van der Waals surface area contributed by atoms with Gasteiger partial charge in [0.05, 0.1) is 0 Å². The van der Waals surface area contributed by atoms with Crippen LogP contribution in [0.2, 0.25) is 0 Å². The quantitative estimate of drug-likeness (QED) is 0.722. The molecular formula is C12H24BrNO2. The van der Waals surface area contributed by atoms with Gasteiger partial charge in [-0.2, -0.15) is 0 Å². The third kappa shape index (κ3) is 5.73. The van der Waals surface area contributed by atoms with Gasteiger partial charge < -0.3 is 9.64 Å². The Bertz CT molecular complexity index is 210. The first-order valence-electron chi connectivity index (χ1n) is 5.91. The van der Waals surface area contributed by atoms with Crippen LogP contribution in [-0.2, 0) is 4.74 Å². The van der Waals surface area contributed by atoms with Crippen molar-refractivity contribution < 1.29 is 9.53 Å². The van der Waals surface area contributed by atoms with Gasteiger partial charge in [0.1, 0.15) is 5.60 Å². The third-order valence-electron chi connectivity index (χ3n) is 2.34. The van der Waals surface area contributed by atoms with Crippen LogP contribution in [0.3, 0.4) is 0 Å². The van der Waals surface area contributed by atoms with E-state index in [2.05, 4.69) is 29.8 Å².